The molecule has 16 heavy (non-hydrogen) atoms. The molecule has 0 bridgehead atoms. The van der Waals surface area contributed by atoms with Crippen LogP contribution in [-0.4, -0.2) is 24.2 Å². The number of carbonyl (C=O) groups is 2. The number of allylic oxidation sites excluding steroid dienone is 5. The van der Waals surface area contributed by atoms with Gasteiger partial charge in [0.1, 0.15) is 18.2 Å². The molecule has 0 unspecified atom stereocenters. The van der Waals surface area contributed by atoms with Gasteiger partial charge in [-0.3, -0.25) is 4.79 Å². The van der Waals surface area contributed by atoms with Crippen molar-refractivity contribution in [3.05, 3.63) is 35.5 Å². The van der Waals surface area contributed by atoms with Gasteiger partial charge in [-0.05, 0) is 29.9 Å². The normalized spacial score (nSPS) is 13.5. The highest BCUT2D eigenvalue weighted by atomic mass is 35.5. The molecule has 1 aliphatic rings. The Morgan fingerprint density at radius 2 is 2.00 bits per heavy atom. The zero-order valence-corrected chi connectivity index (χ0v) is 9.03. The van der Waals surface area contributed by atoms with Crippen LogP contribution in [0.5, 0.6) is 0 Å². The summed E-state index contributed by atoms with van der Waals surface area (Å²) in [5, 5.41) is 8.82. The largest absolute Gasteiger partial charge is 0.460 e. The molecule has 0 heterocycles. The van der Waals surface area contributed by atoms with Crippen molar-refractivity contribution in [2.45, 2.75) is 0 Å². The lowest BCUT2D eigenvalue weighted by atomic mass is 10.0. The number of rotatable bonds is 3. The van der Waals surface area contributed by atoms with E-state index in [0.29, 0.717) is 5.57 Å². The minimum absolute atomic E-state index is 0.0468. The summed E-state index contributed by atoms with van der Waals surface area (Å²) in [7, 11) is 0. The number of hydrogen-bond donors (Lipinski definition) is 0. The second kappa shape index (κ2) is 5.89. The molecule has 0 aromatic carbocycles. The minimum Gasteiger partial charge on any atom is -0.460 e. The van der Waals surface area contributed by atoms with Crippen LogP contribution in [0.15, 0.2) is 35.5 Å². The third-order valence-corrected chi connectivity index (χ3v) is 1.92. The Hall–Kier alpha value is -1.86. The molecule has 0 radical (unpaired) electrons. The minimum atomic E-state index is -0.734. The first kappa shape index (κ1) is 12.2. The van der Waals surface area contributed by atoms with Crippen LogP contribution in [-0.2, 0) is 14.3 Å². The molecule has 0 spiro atoms. The number of nitriles is 1. The molecule has 0 aromatic heterocycles. The molecule has 0 aliphatic heterocycles. The summed E-state index contributed by atoms with van der Waals surface area (Å²) in [6.07, 6.45) is 5.37. The maximum Gasteiger partial charge on any atom is 0.349 e. The van der Waals surface area contributed by atoms with E-state index in [0.717, 1.165) is 0 Å². The molecule has 0 saturated carbocycles. The molecule has 1 rings (SSSR count). The quantitative estimate of drug-likeness (QED) is 0.321. The lowest BCUT2D eigenvalue weighted by Gasteiger charge is -2.04. The zero-order chi connectivity index (χ0) is 12.0. The van der Waals surface area contributed by atoms with E-state index in [2.05, 4.69) is 0 Å². The molecule has 0 N–H and O–H groups in total. The van der Waals surface area contributed by atoms with E-state index in [1.54, 1.807) is 6.07 Å². The van der Waals surface area contributed by atoms with Crippen molar-refractivity contribution < 1.29 is 14.3 Å². The van der Waals surface area contributed by atoms with Crippen LogP contribution in [0.4, 0.5) is 0 Å². The number of hydrogen-bond acceptors (Lipinski definition) is 4. The number of esters is 1. The highest BCUT2D eigenvalue weighted by Gasteiger charge is 2.15. The van der Waals surface area contributed by atoms with Gasteiger partial charge in [0, 0.05) is 0 Å². The van der Waals surface area contributed by atoms with Crippen LogP contribution >= 0.6 is 11.6 Å². The Kier molecular flexibility index (Phi) is 4.49. The van der Waals surface area contributed by atoms with Crippen LogP contribution in [0.1, 0.15) is 0 Å². The molecule has 0 saturated heterocycles. The van der Waals surface area contributed by atoms with Crippen molar-refractivity contribution >= 4 is 23.4 Å². The fourth-order valence-corrected chi connectivity index (χ4v) is 1.13. The smallest absolute Gasteiger partial charge is 0.349 e. The van der Waals surface area contributed by atoms with Crippen molar-refractivity contribution in [2.24, 2.45) is 0 Å². The van der Waals surface area contributed by atoms with Crippen molar-refractivity contribution in [1.82, 2.24) is 0 Å². The first-order valence-electron chi connectivity index (χ1n) is 4.46. The van der Waals surface area contributed by atoms with Gasteiger partial charge in [-0.25, -0.2) is 4.79 Å². The van der Waals surface area contributed by atoms with Crippen LogP contribution in [0.3, 0.4) is 0 Å². The highest BCUT2D eigenvalue weighted by Crippen LogP contribution is 2.13. The van der Waals surface area contributed by atoms with E-state index in [4.69, 9.17) is 21.6 Å². The highest BCUT2D eigenvalue weighted by molar-refractivity contribution is 6.18. The van der Waals surface area contributed by atoms with Crippen molar-refractivity contribution in [2.75, 3.05) is 12.5 Å². The Labute approximate surface area is 97.4 Å². The molecule has 82 valence electrons. The predicted molar refractivity (Wildman–Crippen MR) is 57.6 cm³/mol. The van der Waals surface area contributed by atoms with E-state index < -0.39 is 5.97 Å². The van der Waals surface area contributed by atoms with Gasteiger partial charge in [-0.1, -0.05) is 0 Å². The molecule has 4 nitrogen and oxygen atoms in total. The van der Waals surface area contributed by atoms with Gasteiger partial charge in [0.15, 0.2) is 5.78 Å². The first-order valence-corrected chi connectivity index (χ1v) is 5.00. The summed E-state index contributed by atoms with van der Waals surface area (Å²) in [5.41, 5.74) is 0.229. The van der Waals surface area contributed by atoms with Crippen LogP contribution in [0.2, 0.25) is 0 Å². The van der Waals surface area contributed by atoms with E-state index in [9.17, 15) is 9.59 Å². The van der Waals surface area contributed by atoms with Gasteiger partial charge in [0.25, 0.3) is 0 Å². The third-order valence-electron chi connectivity index (χ3n) is 1.77. The monoisotopic (exact) mass is 237 g/mol. The lowest BCUT2D eigenvalue weighted by Crippen LogP contribution is -2.11. The fraction of sp³-hybridized carbons (Fsp3) is 0.182. The summed E-state index contributed by atoms with van der Waals surface area (Å²) < 4.78 is 4.72. The van der Waals surface area contributed by atoms with Crippen molar-refractivity contribution in [3.63, 3.8) is 0 Å². The number of halogens is 1. The van der Waals surface area contributed by atoms with Gasteiger partial charge in [0.05, 0.1) is 5.88 Å². The SMILES string of the molecule is N#CC(C(=O)OCCCl)=C1C=CC(=O)C=C1. The topological polar surface area (TPSA) is 67.2 Å². The number of ketones is 1. The van der Waals surface area contributed by atoms with Crippen LogP contribution in [0.25, 0.3) is 0 Å². The van der Waals surface area contributed by atoms with E-state index in [-0.39, 0.29) is 23.8 Å². The predicted octanol–water partition coefficient (Wildman–Crippen LogP) is 1.28. The fourth-order valence-electron chi connectivity index (χ4n) is 1.05. The molecular formula is C11H8ClNO3. The summed E-state index contributed by atoms with van der Waals surface area (Å²) in [4.78, 5) is 22.2. The lowest BCUT2D eigenvalue weighted by molar-refractivity contribution is -0.138. The summed E-state index contributed by atoms with van der Waals surface area (Å²) in [6.45, 7) is 0.0468. The average molecular weight is 238 g/mol. The maximum atomic E-state index is 11.4. The van der Waals surface area contributed by atoms with Gasteiger partial charge in [-0.2, -0.15) is 5.26 Å². The number of nitrogens with zero attached hydrogens (tertiary/aromatic N) is 1. The van der Waals surface area contributed by atoms with Crippen molar-refractivity contribution in [3.8, 4) is 6.07 Å². The van der Waals surface area contributed by atoms with Gasteiger partial charge in [0.2, 0.25) is 0 Å². The molecule has 0 atom stereocenters. The van der Waals surface area contributed by atoms with Gasteiger partial charge in [-0.15, -0.1) is 11.6 Å². The van der Waals surface area contributed by atoms with Crippen LogP contribution in [0, 0.1) is 11.3 Å². The third kappa shape index (κ3) is 3.07. The number of carbonyl (C=O) groups excluding carboxylic acids is 2. The van der Waals surface area contributed by atoms with Crippen LogP contribution < -0.4 is 0 Å². The van der Waals surface area contributed by atoms with Gasteiger partial charge < -0.3 is 4.74 Å². The Balaban J connectivity index is 2.90. The first-order chi connectivity index (χ1) is 7.69. The standard InChI is InChI=1S/C11H8ClNO3/c12-5-6-16-11(15)10(7-13)8-1-3-9(14)4-2-8/h1-4H,5-6H2. The average Bonchev–Trinajstić information content (AvgIpc) is 2.30. The summed E-state index contributed by atoms with van der Waals surface area (Å²) >= 11 is 5.35. The summed E-state index contributed by atoms with van der Waals surface area (Å²) in [5.74, 6) is -0.749. The maximum absolute atomic E-state index is 11.4. The zero-order valence-electron chi connectivity index (χ0n) is 8.27. The molecule has 1 aliphatic carbocycles. The second-order valence-electron chi connectivity index (χ2n) is 2.84. The molecule has 0 amide bonds. The number of alkyl halides is 1. The molecule has 0 aromatic rings. The molecule has 0 fully saturated rings. The number of ether oxygens (including phenoxy) is 1. The summed E-state index contributed by atoms with van der Waals surface area (Å²) in [6, 6.07) is 1.74. The Morgan fingerprint density at radius 3 is 2.50 bits per heavy atom. The Bertz CT molecular complexity index is 423. The van der Waals surface area contributed by atoms with Gasteiger partial charge >= 0.3 is 5.97 Å². The van der Waals surface area contributed by atoms with E-state index in [1.807, 2.05) is 0 Å². The van der Waals surface area contributed by atoms with E-state index in [1.165, 1.54) is 24.3 Å². The molecule has 5 heteroatoms. The second-order valence-corrected chi connectivity index (χ2v) is 3.21. The Morgan fingerprint density at radius 1 is 1.38 bits per heavy atom. The van der Waals surface area contributed by atoms with E-state index >= 15 is 0 Å². The van der Waals surface area contributed by atoms with Crippen molar-refractivity contribution in [1.29, 1.82) is 5.26 Å². The molecular weight excluding hydrogens is 230 g/mol.